The first-order valence-electron chi connectivity index (χ1n) is 13.3. The normalized spacial score (nSPS) is 16.0. The number of piperidine rings is 1. The second kappa shape index (κ2) is 15.7. The Balaban J connectivity index is 0.000000421. The van der Waals surface area contributed by atoms with E-state index in [0.717, 1.165) is 38.1 Å². The highest BCUT2D eigenvalue weighted by atomic mass is 19.4. The zero-order chi connectivity index (χ0) is 34.0. The van der Waals surface area contributed by atoms with Gasteiger partial charge in [-0.25, -0.2) is 9.59 Å². The van der Waals surface area contributed by atoms with Gasteiger partial charge >= 0.3 is 24.3 Å². The third-order valence-corrected chi connectivity index (χ3v) is 6.73. The Morgan fingerprint density at radius 2 is 1.58 bits per heavy atom. The van der Waals surface area contributed by atoms with E-state index in [1.54, 1.807) is 25.3 Å². The molecule has 1 atom stereocenters. The summed E-state index contributed by atoms with van der Waals surface area (Å²) in [6.45, 7) is 4.23. The minimum atomic E-state index is -5.08. The van der Waals surface area contributed by atoms with Gasteiger partial charge in [-0.15, -0.1) is 0 Å². The van der Waals surface area contributed by atoms with Crippen molar-refractivity contribution >= 4 is 23.5 Å². The maximum absolute atomic E-state index is 11.5. The van der Waals surface area contributed by atoms with Gasteiger partial charge in [0.25, 0.3) is 0 Å². The van der Waals surface area contributed by atoms with Crippen LogP contribution in [-0.2, 0) is 20.8 Å². The average Bonchev–Trinajstić information content (AvgIpc) is 3.32. The van der Waals surface area contributed by atoms with Crippen molar-refractivity contribution in [2.24, 2.45) is 5.73 Å². The van der Waals surface area contributed by atoms with Crippen molar-refractivity contribution in [3.05, 3.63) is 48.0 Å². The molecule has 11 nitrogen and oxygen atoms in total. The Bertz CT molecular complexity index is 1260. The fourth-order valence-corrected chi connectivity index (χ4v) is 4.49. The molecule has 4 rings (SSSR count). The number of hydrogen-bond acceptors (Lipinski definition) is 8. The number of rotatable bonds is 7. The van der Waals surface area contributed by atoms with Crippen molar-refractivity contribution in [3.8, 4) is 17.2 Å². The smallest absolute Gasteiger partial charge is 0.490 e. The minimum absolute atomic E-state index is 0.0810. The van der Waals surface area contributed by atoms with Crippen LogP contribution in [0.15, 0.2) is 42.5 Å². The number of carboxylic acid groups (broad SMARTS) is 2. The summed E-state index contributed by atoms with van der Waals surface area (Å²) in [5.74, 6) is -3.38. The number of alkyl halides is 6. The predicted molar refractivity (Wildman–Crippen MR) is 147 cm³/mol. The summed E-state index contributed by atoms with van der Waals surface area (Å²) in [7, 11) is 1.60. The second-order valence-electron chi connectivity index (χ2n) is 9.96. The SMILES string of the molecule is COc1ccc(NC(C)=O)c(OCC(CN)N2CCC3(CC2)Cc2ccccc2O3)c1.O=C(O)C(F)(F)F.O=C(O)C(F)(F)F. The van der Waals surface area contributed by atoms with Crippen LogP contribution in [0.4, 0.5) is 32.0 Å². The van der Waals surface area contributed by atoms with Crippen LogP contribution >= 0.6 is 0 Å². The summed E-state index contributed by atoms with van der Waals surface area (Å²) >= 11 is 0. The number of nitrogens with two attached hydrogens (primary N) is 1. The lowest BCUT2D eigenvalue weighted by molar-refractivity contribution is -0.193. The number of fused-ring (bicyclic) bond motifs is 1. The van der Waals surface area contributed by atoms with Gasteiger partial charge in [-0.05, 0) is 23.8 Å². The van der Waals surface area contributed by atoms with Gasteiger partial charge in [-0.3, -0.25) is 9.69 Å². The van der Waals surface area contributed by atoms with E-state index in [1.165, 1.54) is 12.5 Å². The molecule has 1 unspecified atom stereocenters. The maximum atomic E-state index is 11.5. The van der Waals surface area contributed by atoms with Crippen molar-refractivity contribution in [1.82, 2.24) is 4.90 Å². The molecule has 45 heavy (non-hydrogen) atoms. The summed E-state index contributed by atoms with van der Waals surface area (Å²) in [4.78, 5) is 31.7. The zero-order valence-corrected chi connectivity index (χ0v) is 24.2. The number of amides is 1. The van der Waals surface area contributed by atoms with E-state index in [2.05, 4.69) is 28.4 Å². The number of para-hydroxylation sites is 1. The molecule has 0 radical (unpaired) electrons. The van der Waals surface area contributed by atoms with Gasteiger partial charge in [0.05, 0.1) is 18.8 Å². The number of carboxylic acids is 2. The molecule has 0 saturated carbocycles. The Hall–Kier alpha value is -4.25. The first-order valence-corrected chi connectivity index (χ1v) is 13.3. The molecule has 2 aliphatic heterocycles. The van der Waals surface area contributed by atoms with Crippen LogP contribution in [0, 0.1) is 0 Å². The number of benzene rings is 2. The van der Waals surface area contributed by atoms with Crippen molar-refractivity contribution in [2.45, 2.75) is 50.2 Å². The summed E-state index contributed by atoms with van der Waals surface area (Å²) < 4.78 is 81.2. The number of carbonyl (C=O) groups excluding carboxylic acids is 1. The lowest BCUT2D eigenvalue weighted by Gasteiger charge is -2.41. The van der Waals surface area contributed by atoms with E-state index in [9.17, 15) is 31.1 Å². The molecular formula is C28H33F6N3O8. The highest BCUT2D eigenvalue weighted by Crippen LogP contribution is 2.41. The molecule has 2 aliphatic rings. The molecule has 1 saturated heterocycles. The lowest BCUT2D eigenvalue weighted by atomic mass is 9.86. The molecule has 0 aromatic heterocycles. The molecular weight excluding hydrogens is 620 g/mol. The predicted octanol–water partition coefficient (Wildman–Crippen LogP) is 4.10. The Morgan fingerprint density at radius 1 is 1.02 bits per heavy atom. The largest absolute Gasteiger partial charge is 0.497 e. The number of aliphatic carboxylic acids is 2. The number of nitrogens with one attached hydrogen (secondary N) is 1. The molecule has 2 heterocycles. The summed E-state index contributed by atoms with van der Waals surface area (Å²) in [5, 5.41) is 17.1. The van der Waals surface area contributed by atoms with Gasteiger partial charge in [0.1, 0.15) is 29.5 Å². The summed E-state index contributed by atoms with van der Waals surface area (Å²) in [5.41, 5.74) is 7.95. The van der Waals surface area contributed by atoms with Crippen LogP contribution in [-0.4, -0.2) is 90.3 Å². The number of nitrogens with zero attached hydrogens (tertiary/aromatic N) is 1. The third kappa shape index (κ3) is 11.3. The van der Waals surface area contributed by atoms with Crippen molar-refractivity contribution in [2.75, 3.05) is 38.7 Å². The second-order valence-corrected chi connectivity index (χ2v) is 9.96. The van der Waals surface area contributed by atoms with Crippen molar-refractivity contribution < 1.29 is 65.1 Å². The minimum Gasteiger partial charge on any atom is -0.497 e. The summed E-state index contributed by atoms with van der Waals surface area (Å²) in [6.07, 6.45) is -7.26. The standard InChI is InChI=1S/C24H31N3O4.2C2HF3O2/c1-17(28)26-21-8-7-20(29-2)13-23(21)30-16-19(15-25)27-11-9-24(10-12-27)14-18-5-3-4-6-22(18)31-24;2*3-2(4,5)1(6)7/h3-8,13,19H,9-12,14-16,25H2,1-2H3,(H,26,28);2*(H,6,7). The molecule has 1 spiro atoms. The quantitative estimate of drug-likeness (QED) is 0.321. The van der Waals surface area contributed by atoms with Gasteiger partial charge in [-0.2, -0.15) is 26.3 Å². The van der Waals surface area contributed by atoms with E-state index in [1.807, 2.05) is 6.07 Å². The molecule has 0 bridgehead atoms. The average molecular weight is 654 g/mol. The Morgan fingerprint density at radius 3 is 2.04 bits per heavy atom. The van der Waals surface area contributed by atoms with E-state index in [4.69, 9.17) is 39.7 Å². The molecule has 2 aromatic rings. The van der Waals surface area contributed by atoms with Crippen molar-refractivity contribution in [1.29, 1.82) is 0 Å². The molecule has 1 amide bonds. The number of methoxy groups -OCH3 is 1. The van der Waals surface area contributed by atoms with Gasteiger partial charge in [0, 0.05) is 51.9 Å². The van der Waals surface area contributed by atoms with Crippen LogP contribution in [0.3, 0.4) is 0 Å². The maximum Gasteiger partial charge on any atom is 0.490 e. The fraction of sp³-hybridized carbons (Fsp3) is 0.464. The number of halogens is 6. The monoisotopic (exact) mass is 653 g/mol. The topological polar surface area (TPSA) is 161 Å². The molecule has 2 aromatic carbocycles. The van der Waals surface area contributed by atoms with Gasteiger partial charge < -0.3 is 35.5 Å². The molecule has 1 fully saturated rings. The summed E-state index contributed by atoms with van der Waals surface area (Å²) in [6, 6.07) is 13.8. The lowest BCUT2D eigenvalue weighted by Crippen LogP contribution is -2.53. The van der Waals surface area contributed by atoms with Gasteiger partial charge in [0.15, 0.2) is 0 Å². The third-order valence-electron chi connectivity index (χ3n) is 6.73. The van der Waals surface area contributed by atoms with Crippen LogP contribution in [0.5, 0.6) is 17.2 Å². The zero-order valence-electron chi connectivity index (χ0n) is 24.2. The van der Waals surface area contributed by atoms with E-state index >= 15 is 0 Å². The van der Waals surface area contributed by atoms with Crippen molar-refractivity contribution in [3.63, 3.8) is 0 Å². The van der Waals surface area contributed by atoms with E-state index in [-0.39, 0.29) is 17.6 Å². The highest BCUT2D eigenvalue weighted by Gasteiger charge is 2.43. The van der Waals surface area contributed by atoms with E-state index in [0.29, 0.717) is 30.3 Å². The molecule has 17 heteroatoms. The van der Waals surface area contributed by atoms with Gasteiger partial charge in [0.2, 0.25) is 5.91 Å². The first-order chi connectivity index (χ1) is 20.9. The Kier molecular flexibility index (Phi) is 12.8. The molecule has 0 aliphatic carbocycles. The van der Waals surface area contributed by atoms with Crippen LogP contribution in [0.2, 0.25) is 0 Å². The molecule has 5 N–H and O–H groups in total. The first kappa shape index (κ1) is 36.9. The number of ether oxygens (including phenoxy) is 3. The highest BCUT2D eigenvalue weighted by molar-refractivity contribution is 5.90. The van der Waals surface area contributed by atoms with Crippen LogP contribution in [0.1, 0.15) is 25.3 Å². The number of hydrogen-bond donors (Lipinski definition) is 4. The number of likely N-dealkylation sites (tertiary alicyclic amines) is 1. The Labute approximate surface area is 253 Å². The van der Waals surface area contributed by atoms with E-state index < -0.39 is 24.3 Å². The van der Waals surface area contributed by atoms with Crippen LogP contribution in [0.25, 0.3) is 0 Å². The molecule has 250 valence electrons. The number of carbonyl (C=O) groups is 3. The van der Waals surface area contributed by atoms with Gasteiger partial charge in [-0.1, -0.05) is 18.2 Å². The number of anilines is 1. The van der Waals surface area contributed by atoms with Crippen LogP contribution < -0.4 is 25.3 Å². The fourth-order valence-electron chi connectivity index (χ4n) is 4.49.